The molecule has 0 saturated heterocycles. The van der Waals surface area contributed by atoms with E-state index in [1.165, 1.54) is 3.57 Å². The summed E-state index contributed by atoms with van der Waals surface area (Å²) in [7, 11) is 0. The maximum Gasteiger partial charge on any atom is 0.168 e. The van der Waals surface area contributed by atoms with Crippen LogP contribution in [-0.4, -0.2) is 16.5 Å². The van der Waals surface area contributed by atoms with E-state index in [4.69, 9.17) is 4.74 Å². The van der Waals surface area contributed by atoms with Crippen molar-refractivity contribution in [3.63, 3.8) is 0 Å². The Morgan fingerprint density at radius 1 is 1.21 bits per heavy atom. The van der Waals surface area contributed by atoms with E-state index in [1.807, 2.05) is 44.2 Å². The molecule has 5 heteroatoms. The van der Waals surface area contributed by atoms with Crippen LogP contribution in [0.25, 0.3) is 0 Å². The summed E-state index contributed by atoms with van der Waals surface area (Å²) in [6, 6.07) is 9.84. The van der Waals surface area contributed by atoms with Crippen molar-refractivity contribution in [1.82, 2.24) is 9.97 Å². The third-order valence-electron chi connectivity index (χ3n) is 2.44. The lowest BCUT2D eigenvalue weighted by Gasteiger charge is -2.08. The first-order chi connectivity index (χ1) is 9.17. The van der Waals surface area contributed by atoms with Gasteiger partial charge < -0.3 is 10.1 Å². The molecule has 100 valence electrons. The predicted molar refractivity (Wildman–Crippen MR) is 84.4 cm³/mol. The number of aromatic nitrogens is 2. The van der Waals surface area contributed by atoms with E-state index in [-0.39, 0.29) is 0 Å². The minimum atomic E-state index is 0.376. The number of hydrogen-bond donors (Lipinski definition) is 1. The van der Waals surface area contributed by atoms with Crippen LogP contribution in [0.1, 0.15) is 18.4 Å². The molecule has 4 nitrogen and oxygen atoms in total. The highest BCUT2D eigenvalue weighted by Crippen LogP contribution is 2.15. The molecule has 1 heterocycles. The first-order valence-corrected chi connectivity index (χ1v) is 7.22. The largest absolute Gasteiger partial charge is 0.486 e. The van der Waals surface area contributed by atoms with Crippen LogP contribution in [0.3, 0.4) is 0 Å². The van der Waals surface area contributed by atoms with Crippen LogP contribution < -0.4 is 10.1 Å². The van der Waals surface area contributed by atoms with Crippen LogP contribution in [0.2, 0.25) is 0 Å². The lowest BCUT2D eigenvalue weighted by molar-refractivity contribution is 0.295. The van der Waals surface area contributed by atoms with Gasteiger partial charge in [0.1, 0.15) is 18.2 Å². The topological polar surface area (TPSA) is 47.0 Å². The molecule has 0 fully saturated rings. The number of benzene rings is 1. The smallest absolute Gasteiger partial charge is 0.168 e. The highest BCUT2D eigenvalue weighted by molar-refractivity contribution is 14.1. The zero-order chi connectivity index (χ0) is 13.7. The Kier molecular flexibility index (Phi) is 4.95. The third-order valence-corrected chi connectivity index (χ3v) is 3.16. The second-order valence-electron chi connectivity index (χ2n) is 4.08. The Labute approximate surface area is 126 Å². The van der Waals surface area contributed by atoms with Crippen LogP contribution >= 0.6 is 22.6 Å². The molecule has 1 N–H and O–H groups in total. The summed E-state index contributed by atoms with van der Waals surface area (Å²) in [5.74, 6) is 2.36. The second kappa shape index (κ2) is 6.70. The number of nitrogens with zero attached hydrogens (tertiary/aromatic N) is 2. The zero-order valence-electron chi connectivity index (χ0n) is 11.0. The van der Waals surface area contributed by atoms with Crippen molar-refractivity contribution in [2.75, 3.05) is 11.9 Å². The molecule has 0 saturated carbocycles. The lowest BCUT2D eigenvalue weighted by Crippen LogP contribution is -2.07. The summed E-state index contributed by atoms with van der Waals surface area (Å²) < 4.78 is 6.87. The van der Waals surface area contributed by atoms with Crippen molar-refractivity contribution in [2.45, 2.75) is 20.5 Å². The SMILES string of the molecule is CCNc1cc(C)nc(COc2ccc(I)cc2)n1. The Morgan fingerprint density at radius 3 is 2.63 bits per heavy atom. The van der Waals surface area contributed by atoms with Gasteiger partial charge in [-0.15, -0.1) is 0 Å². The van der Waals surface area contributed by atoms with Gasteiger partial charge in [-0.05, 0) is 60.7 Å². The molecule has 2 aromatic rings. The molecular weight excluding hydrogens is 353 g/mol. The van der Waals surface area contributed by atoms with E-state index in [0.717, 1.165) is 23.8 Å². The van der Waals surface area contributed by atoms with Gasteiger partial charge in [0.2, 0.25) is 0 Å². The maximum absolute atomic E-state index is 5.68. The van der Waals surface area contributed by atoms with Crippen LogP contribution in [0.5, 0.6) is 5.75 Å². The summed E-state index contributed by atoms with van der Waals surface area (Å²) >= 11 is 2.27. The zero-order valence-corrected chi connectivity index (χ0v) is 13.1. The standard InChI is InChI=1S/C14H16IN3O/c1-3-16-13-8-10(2)17-14(18-13)9-19-12-6-4-11(15)5-7-12/h4-8H,3,9H2,1-2H3,(H,16,17,18). The monoisotopic (exact) mass is 369 g/mol. The minimum absolute atomic E-state index is 0.376. The normalized spacial score (nSPS) is 10.3. The summed E-state index contributed by atoms with van der Waals surface area (Å²) in [6.07, 6.45) is 0. The molecule has 2 rings (SSSR count). The number of nitrogens with one attached hydrogen (secondary N) is 1. The quantitative estimate of drug-likeness (QED) is 0.821. The summed E-state index contributed by atoms with van der Waals surface area (Å²) in [5.41, 5.74) is 0.937. The van der Waals surface area contributed by atoms with Gasteiger partial charge in [-0.3, -0.25) is 0 Å². The van der Waals surface area contributed by atoms with Crippen molar-refractivity contribution in [3.8, 4) is 5.75 Å². The van der Waals surface area contributed by atoms with Crippen LogP contribution in [0, 0.1) is 10.5 Å². The van der Waals surface area contributed by atoms with Gasteiger partial charge >= 0.3 is 0 Å². The summed E-state index contributed by atoms with van der Waals surface area (Å²) in [6.45, 7) is 5.21. The maximum atomic E-state index is 5.68. The van der Waals surface area contributed by atoms with E-state index in [1.54, 1.807) is 0 Å². The summed E-state index contributed by atoms with van der Waals surface area (Å²) in [5, 5.41) is 3.19. The second-order valence-corrected chi connectivity index (χ2v) is 5.33. The average Bonchev–Trinajstić information content (AvgIpc) is 2.38. The molecule has 19 heavy (non-hydrogen) atoms. The highest BCUT2D eigenvalue weighted by Gasteiger charge is 2.03. The molecule has 1 aromatic carbocycles. The van der Waals surface area contributed by atoms with E-state index >= 15 is 0 Å². The fraction of sp³-hybridized carbons (Fsp3) is 0.286. The van der Waals surface area contributed by atoms with Crippen LogP contribution in [-0.2, 0) is 6.61 Å². The van der Waals surface area contributed by atoms with Gasteiger partial charge in [0, 0.05) is 21.9 Å². The molecule has 0 aliphatic heterocycles. The van der Waals surface area contributed by atoms with Gasteiger partial charge in [-0.1, -0.05) is 0 Å². The number of halogens is 1. The minimum Gasteiger partial charge on any atom is -0.486 e. The van der Waals surface area contributed by atoms with Crippen LogP contribution in [0.15, 0.2) is 30.3 Å². The third kappa shape index (κ3) is 4.34. The summed E-state index contributed by atoms with van der Waals surface area (Å²) in [4.78, 5) is 8.78. The van der Waals surface area contributed by atoms with Crippen molar-refractivity contribution >= 4 is 28.4 Å². The number of aryl methyl sites for hydroxylation is 1. The van der Waals surface area contributed by atoms with Gasteiger partial charge in [0.15, 0.2) is 5.82 Å². The van der Waals surface area contributed by atoms with Gasteiger partial charge in [-0.2, -0.15) is 0 Å². The average molecular weight is 369 g/mol. The molecule has 0 radical (unpaired) electrons. The van der Waals surface area contributed by atoms with Crippen molar-refractivity contribution in [3.05, 3.63) is 45.4 Å². The Balaban J connectivity index is 2.04. The molecule has 0 aliphatic rings. The lowest BCUT2D eigenvalue weighted by atomic mass is 10.3. The van der Waals surface area contributed by atoms with E-state index < -0.39 is 0 Å². The first kappa shape index (κ1) is 14.0. The number of rotatable bonds is 5. The van der Waals surface area contributed by atoms with Crippen molar-refractivity contribution in [1.29, 1.82) is 0 Å². The number of hydrogen-bond acceptors (Lipinski definition) is 4. The molecule has 0 atom stereocenters. The van der Waals surface area contributed by atoms with Gasteiger partial charge in [0.05, 0.1) is 0 Å². The van der Waals surface area contributed by atoms with E-state index in [2.05, 4.69) is 37.9 Å². The number of ether oxygens (including phenoxy) is 1. The van der Waals surface area contributed by atoms with Crippen molar-refractivity contribution < 1.29 is 4.74 Å². The Bertz CT molecular complexity index is 543. The highest BCUT2D eigenvalue weighted by atomic mass is 127. The number of anilines is 1. The fourth-order valence-electron chi connectivity index (χ4n) is 1.64. The molecule has 0 unspecified atom stereocenters. The molecule has 0 aliphatic carbocycles. The molecule has 0 amide bonds. The van der Waals surface area contributed by atoms with Crippen LogP contribution in [0.4, 0.5) is 5.82 Å². The predicted octanol–water partition coefficient (Wildman–Crippen LogP) is 3.40. The molecular formula is C14H16IN3O. The molecule has 1 aromatic heterocycles. The molecule has 0 bridgehead atoms. The van der Waals surface area contributed by atoms with E-state index in [0.29, 0.717) is 12.4 Å². The first-order valence-electron chi connectivity index (χ1n) is 6.14. The van der Waals surface area contributed by atoms with Gasteiger partial charge in [0.25, 0.3) is 0 Å². The fourth-order valence-corrected chi connectivity index (χ4v) is 2.00. The molecule has 0 spiro atoms. The van der Waals surface area contributed by atoms with E-state index in [9.17, 15) is 0 Å². The van der Waals surface area contributed by atoms with Gasteiger partial charge in [-0.25, -0.2) is 9.97 Å². The Morgan fingerprint density at radius 2 is 1.95 bits per heavy atom. The Hall–Kier alpha value is -1.37. The van der Waals surface area contributed by atoms with Crippen molar-refractivity contribution in [2.24, 2.45) is 0 Å².